The zero-order valence-corrected chi connectivity index (χ0v) is 19.3. The molecule has 1 saturated heterocycles. The summed E-state index contributed by atoms with van der Waals surface area (Å²) in [7, 11) is 0. The molecule has 12 heteroatoms. The molecule has 11 nitrogen and oxygen atoms in total. The molecule has 2 aromatic heterocycles. The zero-order valence-electron chi connectivity index (χ0n) is 19.3. The van der Waals surface area contributed by atoms with Crippen LogP contribution in [0.5, 0.6) is 0 Å². The predicted molar refractivity (Wildman–Crippen MR) is 122 cm³/mol. The molecule has 3 aromatic rings. The van der Waals surface area contributed by atoms with Crippen molar-refractivity contribution in [3.63, 3.8) is 0 Å². The second kappa shape index (κ2) is 7.90. The first-order chi connectivity index (χ1) is 17.2. The Labute approximate surface area is 203 Å². The van der Waals surface area contributed by atoms with Crippen LogP contribution in [0.25, 0.3) is 11.0 Å². The minimum Gasteiger partial charge on any atom is -0.366 e. The topological polar surface area (TPSA) is 153 Å². The summed E-state index contributed by atoms with van der Waals surface area (Å²) < 4.78 is 17.1. The van der Waals surface area contributed by atoms with Gasteiger partial charge in [0.15, 0.2) is 11.5 Å². The van der Waals surface area contributed by atoms with Gasteiger partial charge in [0.2, 0.25) is 23.7 Å². The molecule has 1 aromatic carbocycles. The molecule has 1 saturated carbocycles. The third kappa shape index (κ3) is 3.20. The van der Waals surface area contributed by atoms with E-state index in [1.165, 1.54) is 23.1 Å². The number of aromatic nitrogens is 4. The van der Waals surface area contributed by atoms with E-state index in [4.69, 9.17) is 5.73 Å². The Morgan fingerprint density at radius 3 is 2.61 bits per heavy atom. The van der Waals surface area contributed by atoms with Crippen LogP contribution in [0, 0.1) is 12.9 Å². The highest BCUT2D eigenvalue weighted by atomic mass is 19.1. The number of amides is 4. The first-order valence-electron chi connectivity index (χ1n) is 11.8. The lowest BCUT2D eigenvalue weighted by Gasteiger charge is -2.33. The van der Waals surface area contributed by atoms with E-state index in [0.717, 1.165) is 19.3 Å². The molecule has 6 rings (SSSR count). The Balaban J connectivity index is 1.56. The van der Waals surface area contributed by atoms with Crippen molar-refractivity contribution in [1.82, 2.24) is 30.0 Å². The van der Waals surface area contributed by atoms with E-state index in [2.05, 4.69) is 20.4 Å². The lowest BCUT2D eigenvalue weighted by molar-refractivity contribution is -0.137. The lowest BCUT2D eigenvalue weighted by Crippen LogP contribution is -2.53. The molecule has 3 aliphatic rings. The maximum atomic E-state index is 15.4. The summed E-state index contributed by atoms with van der Waals surface area (Å²) >= 11 is 0. The van der Waals surface area contributed by atoms with Gasteiger partial charge in [-0.2, -0.15) is 9.49 Å². The van der Waals surface area contributed by atoms with Crippen LogP contribution in [0.15, 0.2) is 18.2 Å². The smallest absolute Gasteiger partial charge is 0.255 e. The molecule has 0 bridgehead atoms. The number of fused-ring (bicyclic) bond motifs is 2. The van der Waals surface area contributed by atoms with Gasteiger partial charge in [-0.05, 0) is 56.4 Å². The van der Waals surface area contributed by atoms with Crippen LogP contribution < -0.4 is 11.1 Å². The van der Waals surface area contributed by atoms with Crippen LogP contribution in [-0.2, 0) is 9.59 Å². The number of hydrogen-bond donors (Lipinski definition) is 2. The van der Waals surface area contributed by atoms with E-state index >= 15 is 4.39 Å². The van der Waals surface area contributed by atoms with Gasteiger partial charge < -0.3 is 10.6 Å². The van der Waals surface area contributed by atoms with Gasteiger partial charge in [-0.1, -0.05) is 0 Å². The molecular formula is C24H22FN7O4. The van der Waals surface area contributed by atoms with Crippen molar-refractivity contribution < 1.29 is 23.6 Å². The van der Waals surface area contributed by atoms with Gasteiger partial charge in [0, 0.05) is 17.5 Å². The van der Waals surface area contributed by atoms with Crippen molar-refractivity contribution in [1.29, 1.82) is 0 Å². The first-order valence-corrected chi connectivity index (χ1v) is 11.8. The van der Waals surface area contributed by atoms with Gasteiger partial charge in [0.05, 0.1) is 17.1 Å². The Bertz CT molecular complexity index is 1500. The standard InChI is InChI=1S/C24H22FN7O4/c1-10-17-19(25)28-21(29-22(17)32(30-10)12-3-2-4-12)18-14-9-11(20(26)34)5-6-13(14)24(36)31(18)15-7-8-16(33)27-23(15)35/h5-6,9,12,15,18H,2-4,7-8H2,1H3,(H2,26,34)(H,27,33,35). The molecule has 2 atom stereocenters. The first kappa shape index (κ1) is 22.3. The van der Waals surface area contributed by atoms with Gasteiger partial charge in [0.1, 0.15) is 12.1 Å². The highest BCUT2D eigenvalue weighted by molar-refractivity contribution is 6.07. The number of rotatable bonds is 4. The monoisotopic (exact) mass is 491 g/mol. The highest BCUT2D eigenvalue weighted by Gasteiger charge is 2.47. The summed E-state index contributed by atoms with van der Waals surface area (Å²) in [6.45, 7) is 1.69. The largest absolute Gasteiger partial charge is 0.366 e. The lowest BCUT2D eigenvalue weighted by atomic mass is 9.93. The zero-order chi connectivity index (χ0) is 25.3. The summed E-state index contributed by atoms with van der Waals surface area (Å²) in [6.07, 6.45) is 2.96. The van der Waals surface area contributed by atoms with Crippen LogP contribution in [0.1, 0.15) is 82.0 Å². The van der Waals surface area contributed by atoms with Crippen molar-refractivity contribution in [3.05, 3.63) is 52.4 Å². The third-order valence-corrected chi connectivity index (χ3v) is 7.28. The minimum atomic E-state index is -1.07. The van der Waals surface area contributed by atoms with E-state index in [1.807, 2.05) is 0 Å². The fourth-order valence-electron chi connectivity index (χ4n) is 5.26. The number of piperidine rings is 1. The number of nitrogens with two attached hydrogens (primary N) is 1. The Kier molecular flexibility index (Phi) is 4.88. The quantitative estimate of drug-likeness (QED) is 0.414. The predicted octanol–water partition coefficient (Wildman–Crippen LogP) is 1.45. The maximum Gasteiger partial charge on any atom is 0.255 e. The molecule has 4 heterocycles. The number of carbonyl (C=O) groups is 4. The summed E-state index contributed by atoms with van der Waals surface area (Å²) in [5, 5.41) is 6.96. The van der Waals surface area contributed by atoms with E-state index < -0.39 is 41.7 Å². The Hall–Kier alpha value is -4.22. The summed E-state index contributed by atoms with van der Waals surface area (Å²) in [5.74, 6) is -3.11. The van der Waals surface area contributed by atoms with Crippen molar-refractivity contribution in [2.24, 2.45) is 5.73 Å². The maximum absolute atomic E-state index is 15.4. The van der Waals surface area contributed by atoms with Crippen molar-refractivity contribution in [3.8, 4) is 0 Å². The summed E-state index contributed by atoms with van der Waals surface area (Å²) in [5.41, 5.74) is 6.96. The SMILES string of the molecule is Cc1nn(C2CCC2)c2nc(C3c4cc(C(N)=O)ccc4C(=O)N3C3CCC(=O)NC3=O)nc(F)c12. The van der Waals surface area contributed by atoms with Crippen LogP contribution in [-0.4, -0.2) is 54.3 Å². The number of nitrogens with one attached hydrogen (secondary N) is 1. The molecule has 184 valence electrons. The molecule has 1 aliphatic carbocycles. The van der Waals surface area contributed by atoms with Gasteiger partial charge in [0.25, 0.3) is 5.91 Å². The highest BCUT2D eigenvalue weighted by Crippen LogP contribution is 2.42. The molecule has 2 aliphatic heterocycles. The van der Waals surface area contributed by atoms with Gasteiger partial charge >= 0.3 is 0 Å². The van der Waals surface area contributed by atoms with Crippen LogP contribution >= 0.6 is 0 Å². The normalized spacial score (nSPS) is 22.1. The number of carbonyl (C=O) groups excluding carboxylic acids is 4. The Morgan fingerprint density at radius 2 is 1.94 bits per heavy atom. The van der Waals surface area contributed by atoms with Crippen molar-refractivity contribution in [2.75, 3.05) is 0 Å². The van der Waals surface area contributed by atoms with Crippen LogP contribution in [0.3, 0.4) is 0 Å². The van der Waals surface area contributed by atoms with Gasteiger partial charge in [-0.15, -0.1) is 0 Å². The number of aryl methyl sites for hydroxylation is 1. The molecule has 36 heavy (non-hydrogen) atoms. The summed E-state index contributed by atoms with van der Waals surface area (Å²) in [4.78, 5) is 60.1. The Morgan fingerprint density at radius 1 is 1.17 bits per heavy atom. The molecule has 2 unspecified atom stereocenters. The van der Waals surface area contributed by atoms with Crippen molar-refractivity contribution in [2.45, 2.75) is 57.2 Å². The number of primary amides is 1. The molecule has 2 fully saturated rings. The van der Waals surface area contributed by atoms with E-state index in [1.54, 1.807) is 11.6 Å². The molecule has 3 N–H and O–H groups in total. The minimum absolute atomic E-state index is 0.0394. The second-order valence-corrected chi connectivity index (χ2v) is 9.43. The fourth-order valence-corrected chi connectivity index (χ4v) is 5.26. The second-order valence-electron chi connectivity index (χ2n) is 9.43. The summed E-state index contributed by atoms with van der Waals surface area (Å²) in [6, 6.07) is 2.34. The average molecular weight is 491 g/mol. The van der Waals surface area contributed by atoms with E-state index in [-0.39, 0.29) is 41.2 Å². The van der Waals surface area contributed by atoms with Gasteiger partial charge in [-0.3, -0.25) is 24.5 Å². The molecule has 0 radical (unpaired) electrons. The van der Waals surface area contributed by atoms with E-state index in [9.17, 15) is 19.2 Å². The molecule has 0 spiro atoms. The molecule has 4 amide bonds. The van der Waals surface area contributed by atoms with E-state index in [0.29, 0.717) is 16.9 Å². The molecular weight excluding hydrogens is 469 g/mol. The number of halogens is 1. The number of nitrogens with zero attached hydrogens (tertiary/aromatic N) is 5. The van der Waals surface area contributed by atoms with Crippen molar-refractivity contribution >= 4 is 34.7 Å². The third-order valence-electron chi connectivity index (χ3n) is 7.28. The van der Waals surface area contributed by atoms with Crippen LogP contribution in [0.4, 0.5) is 4.39 Å². The average Bonchev–Trinajstić information content (AvgIpc) is 3.27. The number of imide groups is 1. The van der Waals surface area contributed by atoms with Crippen LogP contribution in [0.2, 0.25) is 0 Å². The number of hydrogen-bond acceptors (Lipinski definition) is 7. The number of benzene rings is 1. The van der Waals surface area contributed by atoms with Gasteiger partial charge in [-0.25, -0.2) is 14.6 Å². The fraction of sp³-hybridized carbons (Fsp3) is 0.375.